The van der Waals surface area contributed by atoms with E-state index in [1.54, 1.807) is 0 Å². The number of hydrogen-bond donors (Lipinski definition) is 2. The van der Waals surface area contributed by atoms with Crippen LogP contribution in [0.1, 0.15) is 13.3 Å². The number of thiol groups is 1. The Labute approximate surface area is 60.6 Å². The average molecular weight is 148 g/mol. The van der Waals surface area contributed by atoms with Crippen molar-refractivity contribution < 1.29 is 4.79 Å². The highest BCUT2D eigenvalue weighted by Crippen LogP contribution is 1.88. The number of nitrogens with two attached hydrogens (primary N) is 1. The molecule has 9 heavy (non-hydrogen) atoms. The lowest BCUT2D eigenvalue weighted by molar-refractivity contribution is -0.130. The monoisotopic (exact) mass is 148 g/mol. The largest absolute Gasteiger partial charge is 0.281 e. The van der Waals surface area contributed by atoms with Crippen LogP contribution in [0.3, 0.4) is 0 Å². The third kappa shape index (κ3) is 3.37. The summed E-state index contributed by atoms with van der Waals surface area (Å²) in [6, 6.07) is 0. The zero-order valence-corrected chi connectivity index (χ0v) is 6.40. The average Bonchev–Trinajstić information content (AvgIpc) is 1.87. The molecule has 54 valence electrons. The normalized spacial score (nSPS) is 9.22. The molecular formula is C5H12N2OS. The fraction of sp³-hybridized carbons (Fsp3) is 0.800. The van der Waals surface area contributed by atoms with Crippen molar-refractivity contribution in [2.24, 2.45) is 5.84 Å². The number of carbonyl (C=O) groups excluding carboxylic acids is 1. The highest BCUT2D eigenvalue weighted by molar-refractivity contribution is 7.80. The number of carbonyl (C=O) groups is 1. The molecule has 1 amide bonds. The fourth-order valence-electron chi connectivity index (χ4n) is 0.416. The molecule has 0 aromatic carbocycles. The molecular weight excluding hydrogens is 136 g/mol. The molecule has 0 radical (unpaired) electrons. The van der Waals surface area contributed by atoms with Crippen molar-refractivity contribution >= 4 is 18.5 Å². The minimum atomic E-state index is -0.0486. The molecule has 0 saturated carbocycles. The lowest BCUT2D eigenvalue weighted by Crippen LogP contribution is -2.37. The molecule has 0 unspecified atom stereocenters. The maximum atomic E-state index is 10.7. The van der Waals surface area contributed by atoms with Crippen molar-refractivity contribution in [1.29, 1.82) is 0 Å². The summed E-state index contributed by atoms with van der Waals surface area (Å²) in [6.07, 6.45) is 0.424. The summed E-state index contributed by atoms with van der Waals surface area (Å²) in [6.45, 7) is 2.39. The van der Waals surface area contributed by atoms with Crippen LogP contribution in [0.25, 0.3) is 0 Å². The van der Waals surface area contributed by atoms with E-state index in [4.69, 9.17) is 5.84 Å². The van der Waals surface area contributed by atoms with Crippen LogP contribution >= 0.6 is 12.6 Å². The second-order valence-corrected chi connectivity index (χ2v) is 2.10. The molecule has 0 rings (SSSR count). The topological polar surface area (TPSA) is 46.3 Å². The van der Waals surface area contributed by atoms with E-state index in [-0.39, 0.29) is 5.91 Å². The van der Waals surface area contributed by atoms with Gasteiger partial charge in [0.15, 0.2) is 0 Å². The highest BCUT2D eigenvalue weighted by Gasteiger charge is 2.03. The third-order valence-corrected chi connectivity index (χ3v) is 1.21. The Morgan fingerprint density at radius 1 is 1.78 bits per heavy atom. The standard InChI is InChI=1S/C5H12N2OS/c1-2-7(6)5(8)3-4-9/h9H,2-4,6H2,1H3. The van der Waals surface area contributed by atoms with Crippen molar-refractivity contribution in [2.75, 3.05) is 12.3 Å². The molecule has 0 spiro atoms. The van der Waals surface area contributed by atoms with E-state index in [0.717, 1.165) is 0 Å². The van der Waals surface area contributed by atoms with E-state index < -0.39 is 0 Å². The van der Waals surface area contributed by atoms with Gasteiger partial charge < -0.3 is 0 Å². The third-order valence-electron chi connectivity index (χ3n) is 0.987. The summed E-state index contributed by atoms with van der Waals surface area (Å²) < 4.78 is 0. The zero-order valence-electron chi connectivity index (χ0n) is 5.50. The Kier molecular flexibility index (Phi) is 4.53. The van der Waals surface area contributed by atoms with Gasteiger partial charge in [-0.05, 0) is 12.7 Å². The molecule has 0 atom stereocenters. The first-order valence-corrected chi connectivity index (χ1v) is 3.51. The van der Waals surface area contributed by atoms with Gasteiger partial charge in [0.05, 0.1) is 0 Å². The van der Waals surface area contributed by atoms with Crippen LogP contribution in [0.4, 0.5) is 0 Å². The molecule has 0 fully saturated rings. The lowest BCUT2D eigenvalue weighted by Gasteiger charge is -2.12. The number of hydrogen-bond acceptors (Lipinski definition) is 3. The maximum absolute atomic E-state index is 10.7. The summed E-state index contributed by atoms with van der Waals surface area (Å²) in [5.41, 5.74) is 0. The van der Waals surface area contributed by atoms with E-state index in [9.17, 15) is 4.79 Å². The molecule has 0 aromatic rings. The molecule has 0 aromatic heterocycles. The van der Waals surface area contributed by atoms with Crippen molar-refractivity contribution in [3.63, 3.8) is 0 Å². The van der Waals surface area contributed by atoms with Crippen LogP contribution in [-0.4, -0.2) is 23.2 Å². The number of rotatable bonds is 3. The smallest absolute Gasteiger partial charge is 0.237 e. The Balaban J connectivity index is 3.46. The summed E-state index contributed by atoms with van der Waals surface area (Å²) in [5, 5.41) is 1.19. The van der Waals surface area contributed by atoms with Crippen LogP contribution in [0.5, 0.6) is 0 Å². The molecule has 0 saturated heterocycles. The molecule has 2 N–H and O–H groups in total. The van der Waals surface area contributed by atoms with Gasteiger partial charge in [0.1, 0.15) is 0 Å². The molecule has 0 bridgehead atoms. The van der Waals surface area contributed by atoms with Crippen LogP contribution < -0.4 is 5.84 Å². The van der Waals surface area contributed by atoms with E-state index in [1.165, 1.54) is 5.01 Å². The Hall–Kier alpha value is -0.220. The Bertz CT molecular complexity index is 97.0. The van der Waals surface area contributed by atoms with E-state index in [1.807, 2.05) is 6.92 Å². The summed E-state index contributed by atoms with van der Waals surface area (Å²) >= 11 is 3.89. The minimum Gasteiger partial charge on any atom is -0.281 e. The summed E-state index contributed by atoms with van der Waals surface area (Å²) in [7, 11) is 0. The molecule has 3 nitrogen and oxygen atoms in total. The van der Waals surface area contributed by atoms with E-state index >= 15 is 0 Å². The van der Waals surface area contributed by atoms with Crippen LogP contribution in [0.15, 0.2) is 0 Å². The van der Waals surface area contributed by atoms with Gasteiger partial charge in [-0.15, -0.1) is 0 Å². The first kappa shape index (κ1) is 8.78. The second-order valence-electron chi connectivity index (χ2n) is 1.65. The summed E-state index contributed by atoms with van der Waals surface area (Å²) in [5.74, 6) is 5.77. The fourth-order valence-corrected chi connectivity index (χ4v) is 0.607. The Morgan fingerprint density at radius 3 is 2.67 bits per heavy atom. The lowest BCUT2D eigenvalue weighted by atomic mass is 10.4. The van der Waals surface area contributed by atoms with Gasteiger partial charge in [-0.1, -0.05) is 0 Å². The van der Waals surface area contributed by atoms with Gasteiger partial charge in [0.25, 0.3) is 0 Å². The maximum Gasteiger partial charge on any atom is 0.237 e. The SMILES string of the molecule is CCN(N)C(=O)CCS. The molecule has 0 heterocycles. The van der Waals surface area contributed by atoms with Crippen LogP contribution in [0.2, 0.25) is 0 Å². The van der Waals surface area contributed by atoms with Crippen molar-refractivity contribution in [3.8, 4) is 0 Å². The number of hydrazine groups is 1. The highest BCUT2D eigenvalue weighted by atomic mass is 32.1. The minimum absolute atomic E-state index is 0.0486. The van der Waals surface area contributed by atoms with Crippen molar-refractivity contribution in [1.82, 2.24) is 5.01 Å². The predicted molar refractivity (Wildman–Crippen MR) is 40.0 cm³/mol. The first-order valence-electron chi connectivity index (χ1n) is 2.88. The first-order chi connectivity index (χ1) is 4.22. The number of amides is 1. The van der Waals surface area contributed by atoms with Crippen molar-refractivity contribution in [3.05, 3.63) is 0 Å². The Morgan fingerprint density at radius 2 is 2.33 bits per heavy atom. The molecule has 0 aliphatic rings. The van der Waals surface area contributed by atoms with Gasteiger partial charge in [-0.25, -0.2) is 5.84 Å². The van der Waals surface area contributed by atoms with Gasteiger partial charge in [0, 0.05) is 13.0 Å². The molecule has 0 aliphatic carbocycles. The van der Waals surface area contributed by atoms with Gasteiger partial charge in [-0.2, -0.15) is 12.6 Å². The van der Waals surface area contributed by atoms with E-state index in [0.29, 0.717) is 18.7 Å². The van der Waals surface area contributed by atoms with Crippen LogP contribution in [-0.2, 0) is 4.79 Å². The predicted octanol–water partition coefficient (Wildman–Crippen LogP) is 0.0285. The van der Waals surface area contributed by atoms with Gasteiger partial charge in [-0.3, -0.25) is 9.80 Å². The zero-order chi connectivity index (χ0) is 7.28. The quantitative estimate of drug-likeness (QED) is 0.257. The molecule has 0 aliphatic heterocycles. The van der Waals surface area contributed by atoms with Crippen LogP contribution in [0, 0.1) is 0 Å². The second kappa shape index (κ2) is 4.64. The summed E-state index contributed by atoms with van der Waals surface area (Å²) in [4.78, 5) is 10.7. The molecule has 4 heteroatoms. The number of nitrogens with zero attached hydrogens (tertiary/aromatic N) is 1. The van der Waals surface area contributed by atoms with E-state index in [2.05, 4.69) is 12.6 Å². The van der Waals surface area contributed by atoms with Gasteiger partial charge in [0.2, 0.25) is 5.91 Å². The van der Waals surface area contributed by atoms with Gasteiger partial charge >= 0.3 is 0 Å². The van der Waals surface area contributed by atoms with Crippen molar-refractivity contribution in [2.45, 2.75) is 13.3 Å².